The van der Waals surface area contributed by atoms with Crippen molar-refractivity contribution in [3.8, 4) is 0 Å². The van der Waals surface area contributed by atoms with Crippen LogP contribution in [0.25, 0.3) is 0 Å². The maximum Gasteiger partial charge on any atom is 0.250 e. The Morgan fingerprint density at radius 1 is 1.38 bits per heavy atom. The van der Waals surface area contributed by atoms with E-state index in [9.17, 15) is 8.42 Å². The van der Waals surface area contributed by atoms with E-state index in [1.165, 1.54) is 24.2 Å². The van der Waals surface area contributed by atoms with Crippen molar-refractivity contribution in [1.82, 2.24) is 15.2 Å². The van der Waals surface area contributed by atoms with Crippen LogP contribution < -0.4 is 10.0 Å². The Balaban J connectivity index is 1.60. The summed E-state index contributed by atoms with van der Waals surface area (Å²) in [5, 5.41) is 8.97. The molecule has 2 aromatic heterocycles. The Bertz CT molecular complexity index is 717. The van der Waals surface area contributed by atoms with Crippen molar-refractivity contribution in [3.63, 3.8) is 0 Å². The first kappa shape index (κ1) is 14.7. The smallest absolute Gasteiger partial charge is 0.250 e. The Morgan fingerprint density at radius 2 is 2.19 bits per heavy atom. The van der Waals surface area contributed by atoms with Crippen molar-refractivity contribution >= 4 is 21.4 Å². The summed E-state index contributed by atoms with van der Waals surface area (Å²) in [7, 11) is -3.50. The molecule has 8 heteroatoms. The molecular weight excluding hydrogens is 310 g/mol. The van der Waals surface area contributed by atoms with Crippen LogP contribution in [0, 0.1) is 6.92 Å². The van der Waals surface area contributed by atoms with Crippen LogP contribution in [0.5, 0.6) is 0 Å². The Hall–Kier alpha value is -1.22. The van der Waals surface area contributed by atoms with E-state index in [4.69, 9.17) is 4.52 Å². The third-order valence-electron chi connectivity index (χ3n) is 3.18. The van der Waals surface area contributed by atoms with Gasteiger partial charge in [0.2, 0.25) is 10.0 Å². The van der Waals surface area contributed by atoms with Gasteiger partial charge in [-0.3, -0.25) is 0 Å². The summed E-state index contributed by atoms with van der Waals surface area (Å²) in [6.45, 7) is 2.62. The Morgan fingerprint density at radius 3 is 2.86 bits per heavy atom. The second kappa shape index (κ2) is 5.88. The number of thiophene rings is 1. The fourth-order valence-electron chi connectivity index (χ4n) is 1.87. The number of nitrogens with zero attached hydrogens (tertiary/aromatic N) is 1. The molecule has 3 rings (SSSR count). The largest absolute Gasteiger partial charge is 0.360 e. The minimum Gasteiger partial charge on any atom is -0.360 e. The highest BCUT2D eigenvalue weighted by Crippen LogP contribution is 2.23. The first-order valence-electron chi connectivity index (χ1n) is 6.75. The molecule has 0 aromatic carbocycles. The Kier molecular flexibility index (Phi) is 4.12. The monoisotopic (exact) mass is 327 g/mol. The molecule has 6 nitrogen and oxygen atoms in total. The quantitative estimate of drug-likeness (QED) is 0.810. The maximum atomic E-state index is 12.2. The van der Waals surface area contributed by atoms with E-state index in [2.05, 4.69) is 15.2 Å². The van der Waals surface area contributed by atoms with Crippen molar-refractivity contribution in [3.05, 3.63) is 34.5 Å². The van der Waals surface area contributed by atoms with E-state index in [0.717, 1.165) is 17.8 Å². The van der Waals surface area contributed by atoms with Crippen molar-refractivity contribution in [1.29, 1.82) is 0 Å². The van der Waals surface area contributed by atoms with Crippen molar-refractivity contribution < 1.29 is 12.9 Å². The normalized spacial score (nSPS) is 15.5. The van der Waals surface area contributed by atoms with Crippen LogP contribution in [-0.4, -0.2) is 19.6 Å². The molecule has 0 atom stereocenters. The molecule has 114 valence electrons. The van der Waals surface area contributed by atoms with Gasteiger partial charge in [0.15, 0.2) is 5.76 Å². The van der Waals surface area contributed by atoms with E-state index >= 15 is 0 Å². The molecule has 2 aromatic rings. The van der Waals surface area contributed by atoms with Gasteiger partial charge in [0.25, 0.3) is 0 Å². The van der Waals surface area contributed by atoms with Crippen molar-refractivity contribution in [2.45, 2.75) is 43.1 Å². The lowest BCUT2D eigenvalue weighted by atomic mass is 10.3. The van der Waals surface area contributed by atoms with E-state index in [1.807, 2.05) is 5.38 Å². The fraction of sp³-hybridized carbons (Fsp3) is 0.462. The van der Waals surface area contributed by atoms with Gasteiger partial charge < -0.3 is 9.84 Å². The second-order valence-corrected chi connectivity index (χ2v) is 8.09. The molecule has 2 heterocycles. The minimum atomic E-state index is -3.50. The number of hydrogen-bond acceptors (Lipinski definition) is 6. The molecule has 0 bridgehead atoms. The molecule has 0 saturated heterocycles. The highest BCUT2D eigenvalue weighted by molar-refractivity contribution is 7.91. The zero-order valence-electron chi connectivity index (χ0n) is 11.6. The van der Waals surface area contributed by atoms with Crippen LogP contribution in [-0.2, 0) is 23.1 Å². The lowest BCUT2D eigenvalue weighted by Crippen LogP contribution is -2.22. The average Bonchev–Trinajstić information content (AvgIpc) is 2.97. The lowest BCUT2D eigenvalue weighted by Gasteiger charge is -2.02. The van der Waals surface area contributed by atoms with Gasteiger partial charge >= 0.3 is 0 Å². The molecule has 0 spiro atoms. The SMILES string of the molecule is Cc1cc(CNS(=O)(=O)c2cc(CNC3CC3)cs2)on1. The molecule has 0 radical (unpaired) electrons. The summed E-state index contributed by atoms with van der Waals surface area (Å²) in [6, 6.07) is 4.04. The predicted octanol–water partition coefficient (Wildman–Crippen LogP) is 1.78. The highest BCUT2D eigenvalue weighted by atomic mass is 32.2. The van der Waals surface area contributed by atoms with Crippen molar-refractivity contribution in [2.24, 2.45) is 0 Å². The van der Waals surface area contributed by atoms with Gasteiger partial charge in [-0.25, -0.2) is 13.1 Å². The number of aromatic nitrogens is 1. The first-order valence-corrected chi connectivity index (χ1v) is 9.12. The molecule has 1 aliphatic carbocycles. The zero-order valence-corrected chi connectivity index (χ0v) is 13.3. The minimum absolute atomic E-state index is 0.108. The molecule has 0 unspecified atom stereocenters. The zero-order chi connectivity index (χ0) is 14.9. The fourth-order valence-corrected chi connectivity index (χ4v) is 4.12. The van der Waals surface area contributed by atoms with Gasteiger partial charge in [-0.15, -0.1) is 11.3 Å². The standard InChI is InChI=1S/C13H17N3O3S2/c1-9-4-12(19-16-9)7-15-21(17,18)13-5-10(8-20-13)6-14-11-2-3-11/h4-5,8,11,14-15H,2-3,6-7H2,1H3. The van der Waals surface area contributed by atoms with Crippen LogP contribution in [0.4, 0.5) is 0 Å². The third kappa shape index (κ3) is 3.91. The number of rotatable bonds is 7. The van der Waals surface area contributed by atoms with E-state index in [1.54, 1.807) is 19.1 Å². The number of sulfonamides is 1. The van der Waals surface area contributed by atoms with Crippen LogP contribution >= 0.6 is 11.3 Å². The first-order chi connectivity index (χ1) is 10.0. The molecule has 1 aliphatic rings. The van der Waals surface area contributed by atoms with Gasteiger partial charge in [0, 0.05) is 18.7 Å². The van der Waals surface area contributed by atoms with Gasteiger partial charge in [0.1, 0.15) is 4.21 Å². The van der Waals surface area contributed by atoms with Gasteiger partial charge in [-0.2, -0.15) is 0 Å². The number of aryl methyl sites for hydroxylation is 1. The van der Waals surface area contributed by atoms with E-state index in [-0.39, 0.29) is 6.54 Å². The van der Waals surface area contributed by atoms with Crippen LogP contribution in [0.2, 0.25) is 0 Å². The molecule has 1 fully saturated rings. The molecule has 0 aliphatic heterocycles. The Labute approximate surface area is 127 Å². The molecule has 0 amide bonds. The average molecular weight is 327 g/mol. The number of hydrogen-bond donors (Lipinski definition) is 2. The summed E-state index contributed by atoms with van der Waals surface area (Å²) in [6.07, 6.45) is 2.43. The van der Waals surface area contributed by atoms with Crippen LogP contribution in [0.15, 0.2) is 26.2 Å². The summed E-state index contributed by atoms with van der Waals surface area (Å²) in [5.74, 6) is 0.503. The maximum absolute atomic E-state index is 12.2. The summed E-state index contributed by atoms with van der Waals surface area (Å²) >= 11 is 1.23. The van der Waals surface area contributed by atoms with Gasteiger partial charge in [-0.1, -0.05) is 5.16 Å². The van der Waals surface area contributed by atoms with Gasteiger partial charge in [0.05, 0.1) is 12.2 Å². The lowest BCUT2D eigenvalue weighted by molar-refractivity contribution is 0.377. The van der Waals surface area contributed by atoms with Crippen LogP contribution in [0.3, 0.4) is 0 Å². The van der Waals surface area contributed by atoms with E-state index in [0.29, 0.717) is 16.0 Å². The molecule has 2 N–H and O–H groups in total. The predicted molar refractivity (Wildman–Crippen MR) is 79.4 cm³/mol. The molecule has 21 heavy (non-hydrogen) atoms. The summed E-state index contributed by atoms with van der Waals surface area (Å²) < 4.78 is 32.2. The third-order valence-corrected chi connectivity index (χ3v) is 6.07. The second-order valence-electron chi connectivity index (χ2n) is 5.19. The van der Waals surface area contributed by atoms with E-state index < -0.39 is 10.0 Å². The summed E-state index contributed by atoms with van der Waals surface area (Å²) in [5.41, 5.74) is 1.73. The molecule has 1 saturated carbocycles. The van der Waals surface area contributed by atoms with Crippen molar-refractivity contribution in [2.75, 3.05) is 0 Å². The highest BCUT2D eigenvalue weighted by Gasteiger charge is 2.21. The number of nitrogens with one attached hydrogen (secondary N) is 2. The summed E-state index contributed by atoms with van der Waals surface area (Å²) in [4.78, 5) is 0. The topological polar surface area (TPSA) is 84.2 Å². The molecular formula is C13H17N3O3S2. The van der Waals surface area contributed by atoms with Gasteiger partial charge in [-0.05, 0) is 36.8 Å². The van der Waals surface area contributed by atoms with Crippen LogP contribution in [0.1, 0.15) is 29.9 Å².